The number of non-ortho nitro benzene ring substituents is 1. The number of hydrogen-bond donors (Lipinski definition) is 1. The summed E-state index contributed by atoms with van der Waals surface area (Å²) < 4.78 is 28.4. The highest BCUT2D eigenvalue weighted by Crippen LogP contribution is 2.17. The fourth-order valence-corrected chi connectivity index (χ4v) is 3.95. The SMILES string of the molecule is O=[N+]([O-])c1ccc(OCCNC2CCCS(=O)(=O)C2)cc1. The van der Waals surface area contributed by atoms with Gasteiger partial charge in [0.1, 0.15) is 12.4 Å². The van der Waals surface area contributed by atoms with Gasteiger partial charge in [-0.3, -0.25) is 10.1 Å². The van der Waals surface area contributed by atoms with Crippen molar-refractivity contribution in [1.82, 2.24) is 5.32 Å². The number of ether oxygens (including phenoxy) is 1. The number of nitro groups is 1. The van der Waals surface area contributed by atoms with Gasteiger partial charge in [-0.1, -0.05) is 0 Å². The monoisotopic (exact) mass is 314 g/mol. The number of nitrogens with one attached hydrogen (secondary N) is 1. The van der Waals surface area contributed by atoms with Crippen molar-refractivity contribution in [2.24, 2.45) is 0 Å². The molecule has 1 N–H and O–H groups in total. The Morgan fingerprint density at radius 2 is 2.05 bits per heavy atom. The van der Waals surface area contributed by atoms with Crippen LogP contribution in [0.25, 0.3) is 0 Å². The van der Waals surface area contributed by atoms with E-state index in [1.165, 1.54) is 12.1 Å². The Balaban J connectivity index is 1.71. The van der Waals surface area contributed by atoms with Gasteiger partial charge >= 0.3 is 0 Å². The van der Waals surface area contributed by atoms with Gasteiger partial charge in [-0.25, -0.2) is 8.42 Å². The van der Waals surface area contributed by atoms with Crippen LogP contribution in [0.15, 0.2) is 24.3 Å². The van der Waals surface area contributed by atoms with Crippen molar-refractivity contribution in [3.8, 4) is 5.75 Å². The predicted molar refractivity (Wildman–Crippen MR) is 78.3 cm³/mol. The largest absolute Gasteiger partial charge is 0.492 e. The molecule has 7 nitrogen and oxygen atoms in total. The van der Waals surface area contributed by atoms with Crippen molar-refractivity contribution in [3.63, 3.8) is 0 Å². The molecule has 0 spiro atoms. The lowest BCUT2D eigenvalue weighted by Crippen LogP contribution is -2.41. The third kappa shape index (κ3) is 4.98. The lowest BCUT2D eigenvalue weighted by molar-refractivity contribution is -0.384. The molecule has 1 aromatic rings. The van der Waals surface area contributed by atoms with Crippen molar-refractivity contribution < 1.29 is 18.1 Å². The second kappa shape index (κ2) is 6.86. The first kappa shape index (κ1) is 15.7. The van der Waals surface area contributed by atoms with E-state index in [0.29, 0.717) is 25.3 Å². The molecule has 1 heterocycles. The zero-order valence-electron chi connectivity index (χ0n) is 11.5. The van der Waals surface area contributed by atoms with Gasteiger partial charge in [0, 0.05) is 24.7 Å². The van der Waals surface area contributed by atoms with Crippen LogP contribution in [-0.4, -0.2) is 44.0 Å². The summed E-state index contributed by atoms with van der Waals surface area (Å²) in [5, 5.41) is 13.7. The molecule has 1 unspecified atom stereocenters. The van der Waals surface area contributed by atoms with Crippen LogP contribution in [0.2, 0.25) is 0 Å². The summed E-state index contributed by atoms with van der Waals surface area (Å²) in [7, 11) is -2.90. The Morgan fingerprint density at radius 3 is 2.67 bits per heavy atom. The Labute approximate surface area is 123 Å². The molecule has 0 radical (unpaired) electrons. The van der Waals surface area contributed by atoms with Crippen LogP contribution in [0.1, 0.15) is 12.8 Å². The molecule has 0 saturated carbocycles. The molecule has 1 aliphatic heterocycles. The second-order valence-electron chi connectivity index (χ2n) is 5.01. The number of rotatable bonds is 6. The van der Waals surface area contributed by atoms with Crippen LogP contribution in [0, 0.1) is 10.1 Å². The molecule has 2 rings (SSSR count). The van der Waals surface area contributed by atoms with E-state index in [-0.39, 0.29) is 23.2 Å². The predicted octanol–water partition coefficient (Wildman–Crippen LogP) is 1.14. The maximum Gasteiger partial charge on any atom is 0.269 e. The maximum absolute atomic E-state index is 11.5. The van der Waals surface area contributed by atoms with Crippen LogP contribution in [0.4, 0.5) is 5.69 Å². The van der Waals surface area contributed by atoms with Gasteiger partial charge in [-0.2, -0.15) is 0 Å². The first-order valence-electron chi connectivity index (χ1n) is 6.77. The molecule has 1 fully saturated rings. The molecule has 21 heavy (non-hydrogen) atoms. The molecule has 1 aliphatic rings. The Bertz CT molecular complexity index is 585. The number of nitrogens with zero attached hydrogens (tertiary/aromatic N) is 1. The van der Waals surface area contributed by atoms with E-state index in [9.17, 15) is 18.5 Å². The third-order valence-electron chi connectivity index (χ3n) is 3.31. The van der Waals surface area contributed by atoms with Gasteiger partial charge in [0.25, 0.3) is 5.69 Å². The highest BCUT2D eigenvalue weighted by molar-refractivity contribution is 7.91. The molecule has 0 amide bonds. The van der Waals surface area contributed by atoms with E-state index < -0.39 is 14.8 Å². The second-order valence-corrected chi connectivity index (χ2v) is 7.24. The van der Waals surface area contributed by atoms with E-state index >= 15 is 0 Å². The number of benzene rings is 1. The standard InChI is InChI=1S/C13H18N2O5S/c16-15(17)12-3-5-13(6-4-12)20-8-7-14-11-2-1-9-21(18,19)10-11/h3-6,11,14H,1-2,7-10H2. The number of sulfone groups is 1. The number of hydrogen-bond acceptors (Lipinski definition) is 6. The van der Waals surface area contributed by atoms with Crippen molar-refractivity contribution in [1.29, 1.82) is 0 Å². The minimum Gasteiger partial charge on any atom is -0.492 e. The normalized spacial score (nSPS) is 20.9. The fraction of sp³-hybridized carbons (Fsp3) is 0.538. The topological polar surface area (TPSA) is 98.5 Å². The summed E-state index contributed by atoms with van der Waals surface area (Å²) in [6.45, 7) is 0.922. The van der Waals surface area contributed by atoms with Gasteiger partial charge in [0.15, 0.2) is 9.84 Å². The zero-order valence-corrected chi connectivity index (χ0v) is 12.3. The van der Waals surface area contributed by atoms with Gasteiger partial charge in [-0.15, -0.1) is 0 Å². The first-order chi connectivity index (χ1) is 9.96. The third-order valence-corrected chi connectivity index (χ3v) is 5.14. The molecule has 1 saturated heterocycles. The minimum atomic E-state index is -2.90. The molecule has 116 valence electrons. The van der Waals surface area contributed by atoms with Gasteiger partial charge in [0.2, 0.25) is 0 Å². The van der Waals surface area contributed by atoms with Crippen molar-refractivity contribution in [3.05, 3.63) is 34.4 Å². The summed E-state index contributed by atoms with van der Waals surface area (Å²) in [6, 6.07) is 5.85. The Morgan fingerprint density at radius 1 is 1.33 bits per heavy atom. The molecule has 8 heteroatoms. The maximum atomic E-state index is 11.5. The molecule has 1 aromatic carbocycles. The summed E-state index contributed by atoms with van der Waals surface area (Å²) in [5.41, 5.74) is 0.0212. The van der Waals surface area contributed by atoms with E-state index in [4.69, 9.17) is 4.74 Å². The zero-order chi connectivity index (χ0) is 15.3. The van der Waals surface area contributed by atoms with E-state index in [1.807, 2.05) is 0 Å². The first-order valence-corrected chi connectivity index (χ1v) is 8.59. The van der Waals surface area contributed by atoms with E-state index in [0.717, 1.165) is 6.42 Å². The van der Waals surface area contributed by atoms with E-state index in [1.54, 1.807) is 12.1 Å². The molecular weight excluding hydrogens is 296 g/mol. The van der Waals surface area contributed by atoms with Gasteiger partial charge in [0.05, 0.1) is 16.4 Å². The van der Waals surface area contributed by atoms with Crippen molar-refractivity contribution in [2.45, 2.75) is 18.9 Å². The van der Waals surface area contributed by atoms with Crippen LogP contribution >= 0.6 is 0 Å². The highest BCUT2D eigenvalue weighted by atomic mass is 32.2. The van der Waals surface area contributed by atoms with Crippen LogP contribution in [-0.2, 0) is 9.84 Å². The molecule has 1 atom stereocenters. The lowest BCUT2D eigenvalue weighted by atomic mass is 10.2. The van der Waals surface area contributed by atoms with Gasteiger partial charge < -0.3 is 10.1 Å². The smallest absolute Gasteiger partial charge is 0.269 e. The van der Waals surface area contributed by atoms with Gasteiger partial charge in [-0.05, 0) is 25.0 Å². The molecule has 0 aliphatic carbocycles. The van der Waals surface area contributed by atoms with Crippen LogP contribution in [0.3, 0.4) is 0 Å². The van der Waals surface area contributed by atoms with E-state index in [2.05, 4.69) is 5.32 Å². The molecule has 0 bridgehead atoms. The average Bonchev–Trinajstić information content (AvgIpc) is 2.43. The quantitative estimate of drug-likeness (QED) is 0.480. The lowest BCUT2D eigenvalue weighted by Gasteiger charge is -2.23. The summed E-state index contributed by atoms with van der Waals surface area (Å²) >= 11 is 0. The summed E-state index contributed by atoms with van der Waals surface area (Å²) in [5.74, 6) is 1.02. The van der Waals surface area contributed by atoms with Crippen molar-refractivity contribution >= 4 is 15.5 Å². The minimum absolute atomic E-state index is 0.00999. The Kier molecular flexibility index (Phi) is 5.13. The summed E-state index contributed by atoms with van der Waals surface area (Å²) in [6.07, 6.45) is 1.56. The average molecular weight is 314 g/mol. The molecule has 0 aromatic heterocycles. The van der Waals surface area contributed by atoms with Crippen LogP contribution < -0.4 is 10.1 Å². The fourth-order valence-electron chi connectivity index (χ4n) is 2.28. The van der Waals surface area contributed by atoms with Crippen molar-refractivity contribution in [2.75, 3.05) is 24.7 Å². The number of nitro benzene ring substituents is 1. The van der Waals surface area contributed by atoms with Crippen LogP contribution in [0.5, 0.6) is 5.75 Å². The summed E-state index contributed by atoms with van der Waals surface area (Å²) in [4.78, 5) is 10.0. The molecular formula is C13H18N2O5S. The highest BCUT2D eigenvalue weighted by Gasteiger charge is 2.23. The Hall–Kier alpha value is -1.67.